The van der Waals surface area contributed by atoms with Gasteiger partial charge in [-0.3, -0.25) is 14.6 Å². The van der Waals surface area contributed by atoms with E-state index in [1.54, 1.807) is 6.08 Å². The van der Waals surface area contributed by atoms with Gasteiger partial charge in [-0.25, -0.2) is 0 Å². The summed E-state index contributed by atoms with van der Waals surface area (Å²) in [6.07, 6.45) is 7.46. The number of hydrogen-bond donors (Lipinski definition) is 1. The number of carbonyl (C=O) groups is 2. The van der Waals surface area contributed by atoms with E-state index in [4.69, 9.17) is 0 Å². The van der Waals surface area contributed by atoms with Crippen molar-refractivity contribution in [2.75, 3.05) is 0 Å². The normalized spacial score (nSPS) is 30.0. The predicted molar refractivity (Wildman–Crippen MR) is 68.8 cm³/mol. The van der Waals surface area contributed by atoms with Gasteiger partial charge >= 0.3 is 5.97 Å². The maximum atomic E-state index is 11.8. The van der Waals surface area contributed by atoms with Crippen LogP contribution in [0.5, 0.6) is 0 Å². The SMILES string of the molecule is CC(=O)C1=CC(C)(C2(C(=O)O)CCCCC2)N=C1. The third-order valence-electron chi connectivity index (χ3n) is 4.40. The largest absolute Gasteiger partial charge is 0.481 e. The highest BCUT2D eigenvalue weighted by Crippen LogP contribution is 2.49. The van der Waals surface area contributed by atoms with Gasteiger partial charge in [-0.15, -0.1) is 0 Å². The molecule has 0 aromatic carbocycles. The van der Waals surface area contributed by atoms with Gasteiger partial charge in [0, 0.05) is 11.8 Å². The van der Waals surface area contributed by atoms with Crippen LogP contribution in [-0.4, -0.2) is 28.6 Å². The van der Waals surface area contributed by atoms with Crippen LogP contribution < -0.4 is 0 Å². The maximum absolute atomic E-state index is 11.8. The number of carbonyl (C=O) groups excluding carboxylic acids is 1. The fourth-order valence-corrected chi connectivity index (χ4v) is 3.13. The number of hydrogen-bond acceptors (Lipinski definition) is 3. The van der Waals surface area contributed by atoms with Crippen molar-refractivity contribution in [1.29, 1.82) is 0 Å². The molecule has 1 unspecified atom stereocenters. The van der Waals surface area contributed by atoms with Crippen molar-refractivity contribution >= 4 is 18.0 Å². The van der Waals surface area contributed by atoms with Crippen molar-refractivity contribution in [1.82, 2.24) is 0 Å². The van der Waals surface area contributed by atoms with Gasteiger partial charge in [0.1, 0.15) is 0 Å². The number of Topliss-reactive ketones (excluding diaryl/α,β-unsaturated/α-hetero) is 1. The zero-order chi connectivity index (χ0) is 13.4. The van der Waals surface area contributed by atoms with E-state index >= 15 is 0 Å². The zero-order valence-corrected chi connectivity index (χ0v) is 10.9. The Balaban J connectivity index is 2.41. The Morgan fingerprint density at radius 1 is 1.28 bits per heavy atom. The molecule has 1 heterocycles. The van der Waals surface area contributed by atoms with E-state index in [-0.39, 0.29) is 5.78 Å². The van der Waals surface area contributed by atoms with Gasteiger partial charge < -0.3 is 5.11 Å². The molecule has 0 radical (unpaired) electrons. The van der Waals surface area contributed by atoms with Crippen LogP contribution in [0.4, 0.5) is 0 Å². The third kappa shape index (κ3) is 1.80. The van der Waals surface area contributed by atoms with Crippen LogP contribution in [0.2, 0.25) is 0 Å². The van der Waals surface area contributed by atoms with Crippen LogP contribution in [0.1, 0.15) is 46.0 Å². The monoisotopic (exact) mass is 249 g/mol. The van der Waals surface area contributed by atoms with Crippen LogP contribution in [0, 0.1) is 5.41 Å². The molecule has 1 atom stereocenters. The number of carboxylic acids is 1. The highest BCUT2D eigenvalue weighted by Gasteiger charge is 2.54. The lowest BCUT2D eigenvalue weighted by Crippen LogP contribution is -2.49. The first-order valence-corrected chi connectivity index (χ1v) is 6.44. The predicted octanol–water partition coefficient (Wildman–Crippen LogP) is 2.38. The smallest absolute Gasteiger partial charge is 0.312 e. The summed E-state index contributed by atoms with van der Waals surface area (Å²) in [5, 5.41) is 9.65. The highest BCUT2D eigenvalue weighted by molar-refractivity contribution is 6.13. The summed E-state index contributed by atoms with van der Waals surface area (Å²) < 4.78 is 0. The Kier molecular flexibility index (Phi) is 3.13. The lowest BCUT2D eigenvalue weighted by Gasteiger charge is -2.42. The Morgan fingerprint density at radius 3 is 2.33 bits per heavy atom. The molecule has 0 spiro atoms. The van der Waals surface area contributed by atoms with Crippen molar-refractivity contribution in [3.8, 4) is 0 Å². The van der Waals surface area contributed by atoms with Gasteiger partial charge in [-0.05, 0) is 32.8 Å². The molecule has 0 amide bonds. The number of aliphatic carboxylic acids is 1. The minimum Gasteiger partial charge on any atom is -0.481 e. The van der Waals surface area contributed by atoms with Crippen molar-refractivity contribution in [2.24, 2.45) is 10.4 Å². The molecule has 1 aliphatic carbocycles. The Labute approximate surface area is 107 Å². The zero-order valence-electron chi connectivity index (χ0n) is 10.9. The molecular formula is C14H19NO3. The third-order valence-corrected chi connectivity index (χ3v) is 4.40. The second-order valence-corrected chi connectivity index (χ2v) is 5.51. The first-order chi connectivity index (χ1) is 8.41. The molecular weight excluding hydrogens is 230 g/mol. The van der Waals surface area contributed by atoms with Crippen LogP contribution in [0.3, 0.4) is 0 Å². The molecule has 2 aliphatic rings. The second-order valence-electron chi connectivity index (χ2n) is 5.51. The molecule has 0 bridgehead atoms. The van der Waals surface area contributed by atoms with E-state index in [2.05, 4.69) is 4.99 Å². The maximum Gasteiger partial charge on any atom is 0.312 e. The molecule has 0 aromatic heterocycles. The van der Waals surface area contributed by atoms with E-state index < -0.39 is 16.9 Å². The van der Waals surface area contributed by atoms with E-state index in [0.29, 0.717) is 18.4 Å². The van der Waals surface area contributed by atoms with Crippen molar-refractivity contribution in [3.63, 3.8) is 0 Å². The summed E-state index contributed by atoms with van der Waals surface area (Å²) in [5.74, 6) is -0.846. The van der Waals surface area contributed by atoms with Gasteiger partial charge in [-0.1, -0.05) is 19.3 Å². The molecule has 4 heteroatoms. The van der Waals surface area contributed by atoms with Gasteiger partial charge in [0.15, 0.2) is 5.78 Å². The Bertz CT molecular complexity index is 444. The van der Waals surface area contributed by atoms with Crippen molar-refractivity contribution in [3.05, 3.63) is 11.6 Å². The summed E-state index contributed by atoms with van der Waals surface area (Å²) >= 11 is 0. The number of aliphatic imine (C=N–C) groups is 1. The fraction of sp³-hybridized carbons (Fsp3) is 0.643. The number of rotatable bonds is 3. The number of carboxylic acid groups (broad SMARTS) is 1. The molecule has 1 fully saturated rings. The Morgan fingerprint density at radius 2 is 1.89 bits per heavy atom. The summed E-state index contributed by atoms with van der Waals surface area (Å²) in [6, 6.07) is 0. The standard InChI is InChI=1S/C14H19NO3/c1-10(16)11-8-13(2,15-9-11)14(12(17)18)6-4-3-5-7-14/h8-9H,3-7H2,1-2H3,(H,17,18). The van der Waals surface area contributed by atoms with Crippen LogP contribution in [-0.2, 0) is 9.59 Å². The van der Waals surface area contributed by atoms with Crippen LogP contribution >= 0.6 is 0 Å². The first kappa shape index (κ1) is 13.0. The van der Waals surface area contributed by atoms with Crippen LogP contribution in [0.15, 0.2) is 16.6 Å². The number of allylic oxidation sites excluding steroid dienone is 1. The number of ketones is 1. The highest BCUT2D eigenvalue weighted by atomic mass is 16.4. The van der Waals surface area contributed by atoms with Gasteiger partial charge in [-0.2, -0.15) is 0 Å². The van der Waals surface area contributed by atoms with Crippen molar-refractivity contribution in [2.45, 2.75) is 51.5 Å². The molecule has 0 aromatic rings. The van der Waals surface area contributed by atoms with E-state index in [1.807, 2.05) is 6.92 Å². The van der Waals surface area contributed by atoms with E-state index in [0.717, 1.165) is 19.3 Å². The minimum atomic E-state index is -0.848. The average Bonchev–Trinajstić information content (AvgIpc) is 2.74. The fourth-order valence-electron chi connectivity index (χ4n) is 3.13. The second kappa shape index (κ2) is 4.34. The van der Waals surface area contributed by atoms with Crippen LogP contribution in [0.25, 0.3) is 0 Å². The molecule has 1 saturated carbocycles. The lowest BCUT2D eigenvalue weighted by atomic mass is 9.62. The quantitative estimate of drug-likeness (QED) is 0.835. The summed E-state index contributed by atoms with van der Waals surface area (Å²) in [7, 11) is 0. The molecule has 0 saturated heterocycles. The molecule has 4 nitrogen and oxygen atoms in total. The molecule has 1 aliphatic heterocycles. The average molecular weight is 249 g/mol. The number of nitrogens with zero attached hydrogens (tertiary/aromatic N) is 1. The molecule has 18 heavy (non-hydrogen) atoms. The lowest BCUT2D eigenvalue weighted by molar-refractivity contribution is -0.154. The summed E-state index contributed by atoms with van der Waals surface area (Å²) in [5.41, 5.74) is -1.09. The summed E-state index contributed by atoms with van der Waals surface area (Å²) in [4.78, 5) is 27.5. The van der Waals surface area contributed by atoms with E-state index in [9.17, 15) is 14.7 Å². The molecule has 2 rings (SSSR count). The minimum absolute atomic E-state index is 0.0566. The van der Waals surface area contributed by atoms with Crippen molar-refractivity contribution < 1.29 is 14.7 Å². The molecule has 1 N–H and O–H groups in total. The van der Waals surface area contributed by atoms with Gasteiger partial charge in [0.25, 0.3) is 0 Å². The van der Waals surface area contributed by atoms with E-state index in [1.165, 1.54) is 13.1 Å². The topological polar surface area (TPSA) is 66.7 Å². The Hall–Kier alpha value is -1.45. The van der Waals surface area contributed by atoms with Gasteiger partial charge in [0.2, 0.25) is 0 Å². The molecule has 98 valence electrons. The van der Waals surface area contributed by atoms with Gasteiger partial charge in [0.05, 0.1) is 11.0 Å². The summed E-state index contributed by atoms with van der Waals surface area (Å²) in [6.45, 7) is 3.32. The first-order valence-electron chi connectivity index (χ1n) is 6.44.